The van der Waals surface area contributed by atoms with Crippen LogP contribution in [-0.2, 0) is 13.1 Å². The lowest BCUT2D eigenvalue weighted by Crippen LogP contribution is -2.17. The van der Waals surface area contributed by atoms with E-state index >= 15 is 0 Å². The van der Waals surface area contributed by atoms with Gasteiger partial charge in [0.05, 0.1) is 7.11 Å². The zero-order valence-electron chi connectivity index (χ0n) is 12.7. The molecule has 23 heavy (non-hydrogen) atoms. The van der Waals surface area contributed by atoms with Crippen LogP contribution < -0.4 is 19.5 Å². The molecule has 2 aromatic rings. The van der Waals surface area contributed by atoms with E-state index in [-0.39, 0.29) is 5.82 Å². The van der Waals surface area contributed by atoms with Crippen LogP contribution in [0.3, 0.4) is 0 Å². The second kappa shape index (κ2) is 7.19. The Kier molecular flexibility index (Phi) is 5.03. The third-order valence-electron chi connectivity index (χ3n) is 3.54. The van der Waals surface area contributed by atoms with Crippen LogP contribution in [0.15, 0.2) is 34.8 Å². The fraction of sp³-hybridized carbons (Fsp3) is 0.294. The highest BCUT2D eigenvalue weighted by atomic mass is 79.9. The van der Waals surface area contributed by atoms with Crippen molar-refractivity contribution in [1.29, 1.82) is 0 Å². The Balaban J connectivity index is 1.69. The smallest absolute Gasteiger partial charge is 0.203 e. The van der Waals surface area contributed by atoms with Crippen LogP contribution in [0.5, 0.6) is 17.2 Å². The van der Waals surface area contributed by atoms with E-state index < -0.39 is 0 Å². The minimum Gasteiger partial charge on any atom is -0.493 e. The van der Waals surface area contributed by atoms with Gasteiger partial charge < -0.3 is 19.5 Å². The molecule has 0 aromatic heterocycles. The zero-order valence-corrected chi connectivity index (χ0v) is 14.3. The molecule has 0 aliphatic carbocycles. The predicted molar refractivity (Wildman–Crippen MR) is 88.6 cm³/mol. The summed E-state index contributed by atoms with van der Waals surface area (Å²) in [5.41, 5.74) is 1.88. The first-order chi connectivity index (χ1) is 11.2. The minimum atomic E-state index is -0.244. The van der Waals surface area contributed by atoms with E-state index in [1.54, 1.807) is 13.2 Å². The van der Waals surface area contributed by atoms with Crippen molar-refractivity contribution in [3.8, 4) is 17.2 Å². The van der Waals surface area contributed by atoms with Gasteiger partial charge in [0.1, 0.15) is 19.0 Å². The summed E-state index contributed by atoms with van der Waals surface area (Å²) >= 11 is 3.43. The highest BCUT2D eigenvalue weighted by Gasteiger charge is 2.18. The van der Waals surface area contributed by atoms with Gasteiger partial charge in [-0.3, -0.25) is 0 Å². The molecule has 4 nitrogen and oxygen atoms in total. The number of halogens is 2. The summed E-state index contributed by atoms with van der Waals surface area (Å²) in [5.74, 6) is 1.76. The molecular formula is C17H17BrFNO3. The monoisotopic (exact) mass is 381 g/mol. The van der Waals surface area contributed by atoms with Crippen LogP contribution in [0.1, 0.15) is 11.1 Å². The number of fused-ring (bicyclic) bond motifs is 1. The maximum Gasteiger partial charge on any atom is 0.203 e. The molecule has 0 spiro atoms. The molecule has 1 N–H and O–H groups in total. The van der Waals surface area contributed by atoms with Crippen molar-refractivity contribution < 1.29 is 18.6 Å². The van der Waals surface area contributed by atoms with Gasteiger partial charge in [0.25, 0.3) is 0 Å². The van der Waals surface area contributed by atoms with E-state index in [2.05, 4.69) is 21.2 Å². The molecule has 0 fully saturated rings. The van der Waals surface area contributed by atoms with Crippen molar-refractivity contribution in [2.45, 2.75) is 13.1 Å². The largest absolute Gasteiger partial charge is 0.493 e. The van der Waals surface area contributed by atoms with Gasteiger partial charge >= 0.3 is 0 Å². The summed E-state index contributed by atoms with van der Waals surface area (Å²) in [6.45, 7) is 2.21. The lowest BCUT2D eigenvalue weighted by Gasteiger charge is -2.21. The Hall–Kier alpha value is -1.79. The standard InChI is InChI=1S/C17H17BrFNO3/c1-21-15-6-11(7-16-17(15)23-5-4-22-16)9-20-10-12-8-13(19)2-3-14(12)18/h2-3,6-8,20H,4-5,9-10H2,1H3. The summed E-state index contributed by atoms with van der Waals surface area (Å²) in [6, 6.07) is 8.51. The molecule has 0 amide bonds. The Bertz CT molecular complexity index is 691. The molecule has 0 bridgehead atoms. The summed E-state index contributed by atoms with van der Waals surface area (Å²) in [5, 5.41) is 3.30. The first-order valence-corrected chi connectivity index (χ1v) is 8.08. The second-order valence-corrected chi connectivity index (χ2v) is 6.02. The molecule has 0 unspecified atom stereocenters. The summed E-state index contributed by atoms with van der Waals surface area (Å²) < 4.78 is 30.7. The number of hydrogen-bond acceptors (Lipinski definition) is 4. The quantitative estimate of drug-likeness (QED) is 0.857. The average Bonchev–Trinajstić information content (AvgIpc) is 2.57. The molecule has 3 rings (SSSR count). The molecule has 0 saturated heterocycles. The predicted octanol–water partition coefficient (Wildman–Crippen LogP) is 3.66. The van der Waals surface area contributed by atoms with Gasteiger partial charge in [0.2, 0.25) is 5.75 Å². The second-order valence-electron chi connectivity index (χ2n) is 5.16. The third-order valence-corrected chi connectivity index (χ3v) is 4.31. The zero-order chi connectivity index (χ0) is 16.2. The molecule has 1 aliphatic heterocycles. The van der Waals surface area contributed by atoms with Crippen LogP contribution in [0.2, 0.25) is 0 Å². The number of hydrogen-bond donors (Lipinski definition) is 1. The van der Waals surface area contributed by atoms with Gasteiger partial charge in [-0.25, -0.2) is 4.39 Å². The van der Waals surface area contributed by atoms with Crippen LogP contribution in [0.4, 0.5) is 4.39 Å². The van der Waals surface area contributed by atoms with E-state index in [1.165, 1.54) is 12.1 Å². The van der Waals surface area contributed by atoms with E-state index in [9.17, 15) is 4.39 Å². The van der Waals surface area contributed by atoms with Crippen LogP contribution >= 0.6 is 15.9 Å². The molecule has 0 saturated carbocycles. The number of nitrogens with one attached hydrogen (secondary N) is 1. The van der Waals surface area contributed by atoms with Gasteiger partial charge in [-0.1, -0.05) is 15.9 Å². The highest BCUT2D eigenvalue weighted by Crippen LogP contribution is 2.40. The van der Waals surface area contributed by atoms with Crippen molar-refractivity contribution in [2.75, 3.05) is 20.3 Å². The normalized spacial score (nSPS) is 13.0. The first kappa shape index (κ1) is 16.1. The molecule has 122 valence electrons. The summed E-state index contributed by atoms with van der Waals surface area (Å²) in [7, 11) is 1.61. The Labute approximate surface area is 142 Å². The van der Waals surface area contributed by atoms with Gasteiger partial charge in [-0.05, 0) is 41.5 Å². The first-order valence-electron chi connectivity index (χ1n) is 7.28. The van der Waals surface area contributed by atoms with Crippen LogP contribution in [0.25, 0.3) is 0 Å². The van der Waals surface area contributed by atoms with Crippen molar-refractivity contribution in [2.24, 2.45) is 0 Å². The van der Waals surface area contributed by atoms with Gasteiger partial charge in [0, 0.05) is 17.6 Å². The third kappa shape index (κ3) is 3.76. The molecular weight excluding hydrogens is 365 g/mol. The van der Waals surface area contributed by atoms with Crippen LogP contribution in [0, 0.1) is 5.82 Å². The molecule has 2 aromatic carbocycles. The number of benzene rings is 2. The van der Waals surface area contributed by atoms with E-state index in [1.807, 2.05) is 12.1 Å². The van der Waals surface area contributed by atoms with Crippen molar-refractivity contribution in [1.82, 2.24) is 5.32 Å². The molecule has 6 heteroatoms. The molecule has 0 atom stereocenters. The van der Waals surface area contributed by atoms with Gasteiger partial charge in [0.15, 0.2) is 11.5 Å². The number of rotatable bonds is 5. The van der Waals surface area contributed by atoms with Crippen molar-refractivity contribution >= 4 is 15.9 Å². The molecule has 1 heterocycles. The summed E-state index contributed by atoms with van der Waals surface area (Å²) in [4.78, 5) is 0. The summed E-state index contributed by atoms with van der Waals surface area (Å²) in [6.07, 6.45) is 0. The lowest BCUT2D eigenvalue weighted by molar-refractivity contribution is 0.165. The van der Waals surface area contributed by atoms with Crippen molar-refractivity contribution in [3.05, 3.63) is 51.7 Å². The lowest BCUT2D eigenvalue weighted by atomic mass is 10.1. The Morgan fingerprint density at radius 3 is 2.83 bits per heavy atom. The van der Waals surface area contributed by atoms with Crippen molar-refractivity contribution in [3.63, 3.8) is 0 Å². The number of ether oxygens (including phenoxy) is 3. The minimum absolute atomic E-state index is 0.244. The maximum atomic E-state index is 13.3. The Morgan fingerprint density at radius 1 is 1.17 bits per heavy atom. The van der Waals surface area contributed by atoms with Gasteiger partial charge in [-0.15, -0.1) is 0 Å². The fourth-order valence-corrected chi connectivity index (χ4v) is 2.84. The Morgan fingerprint density at radius 2 is 2.00 bits per heavy atom. The average molecular weight is 382 g/mol. The SMILES string of the molecule is COc1cc(CNCc2cc(F)ccc2Br)cc2c1OCCO2. The van der Waals surface area contributed by atoms with E-state index in [0.29, 0.717) is 43.6 Å². The van der Waals surface area contributed by atoms with E-state index in [0.717, 1.165) is 15.6 Å². The fourth-order valence-electron chi connectivity index (χ4n) is 2.45. The maximum absolute atomic E-state index is 13.3. The molecule has 0 radical (unpaired) electrons. The van der Waals surface area contributed by atoms with Crippen LogP contribution in [-0.4, -0.2) is 20.3 Å². The highest BCUT2D eigenvalue weighted by molar-refractivity contribution is 9.10. The van der Waals surface area contributed by atoms with Gasteiger partial charge in [-0.2, -0.15) is 0 Å². The van der Waals surface area contributed by atoms with E-state index in [4.69, 9.17) is 14.2 Å². The molecule has 1 aliphatic rings. The number of methoxy groups -OCH3 is 1. The topological polar surface area (TPSA) is 39.7 Å².